The maximum Gasteiger partial charge on any atom is 0.245 e. The molecule has 8 nitrogen and oxygen atoms in total. The summed E-state index contributed by atoms with van der Waals surface area (Å²) in [6, 6.07) is 8.45. The van der Waals surface area contributed by atoms with E-state index in [4.69, 9.17) is 4.74 Å². The van der Waals surface area contributed by atoms with E-state index in [-0.39, 0.29) is 35.6 Å². The number of carbonyl (C=O) groups is 1. The molecule has 0 saturated carbocycles. The van der Waals surface area contributed by atoms with Gasteiger partial charge in [0.15, 0.2) is 0 Å². The Morgan fingerprint density at radius 1 is 1.30 bits per heavy atom. The molecule has 3 heterocycles. The van der Waals surface area contributed by atoms with Gasteiger partial charge in [-0.15, -0.1) is 0 Å². The molecule has 2 saturated heterocycles. The topological polar surface area (TPSA) is 93.5 Å². The second-order valence-electron chi connectivity index (χ2n) is 6.64. The highest BCUT2D eigenvalue weighted by atomic mass is 32.2. The number of hydrogen-bond donors (Lipinski definition) is 1. The van der Waals surface area contributed by atoms with Gasteiger partial charge in [0.25, 0.3) is 0 Å². The van der Waals surface area contributed by atoms with Gasteiger partial charge >= 0.3 is 0 Å². The van der Waals surface area contributed by atoms with Gasteiger partial charge in [0.2, 0.25) is 15.9 Å². The molecule has 3 atom stereocenters. The summed E-state index contributed by atoms with van der Waals surface area (Å²) in [5.74, 6) is -0.222. The number of nitrogens with one attached hydrogen (secondary N) is 1. The fraction of sp³-hybridized carbons (Fsp3) is 0.333. The van der Waals surface area contributed by atoms with Crippen molar-refractivity contribution in [2.45, 2.75) is 23.6 Å². The fourth-order valence-corrected chi connectivity index (χ4v) is 5.08. The smallest absolute Gasteiger partial charge is 0.245 e. The summed E-state index contributed by atoms with van der Waals surface area (Å²) in [4.78, 5) is 11.6. The van der Waals surface area contributed by atoms with Gasteiger partial charge < -0.3 is 10.1 Å². The van der Waals surface area contributed by atoms with Crippen LogP contribution < -0.4 is 5.32 Å². The Balaban J connectivity index is 1.44. The van der Waals surface area contributed by atoms with Gasteiger partial charge in [0, 0.05) is 31.4 Å². The van der Waals surface area contributed by atoms with Crippen molar-refractivity contribution >= 4 is 15.9 Å². The minimum Gasteiger partial charge on any atom is -0.354 e. The molecule has 3 unspecified atom stereocenters. The number of rotatable bonds is 5. The molecule has 1 aromatic heterocycles. The van der Waals surface area contributed by atoms with E-state index in [0.29, 0.717) is 13.0 Å². The minimum atomic E-state index is -3.59. The van der Waals surface area contributed by atoms with Crippen LogP contribution >= 0.6 is 0 Å². The summed E-state index contributed by atoms with van der Waals surface area (Å²) in [5, 5.41) is 6.84. The molecular weight excluding hydrogens is 368 g/mol. The van der Waals surface area contributed by atoms with Crippen LogP contribution in [0.4, 0.5) is 0 Å². The molecule has 4 rings (SSSR count). The van der Waals surface area contributed by atoms with Crippen LogP contribution in [-0.2, 0) is 19.6 Å². The predicted octanol–water partition coefficient (Wildman–Crippen LogP) is 0.910. The minimum absolute atomic E-state index is 0.0678. The summed E-state index contributed by atoms with van der Waals surface area (Å²) in [6.45, 7) is 4.08. The highest BCUT2D eigenvalue weighted by Gasteiger charge is 2.46. The molecular formula is C18H20N4O4S. The average molecular weight is 388 g/mol. The number of fused-ring (bicyclic) bond motifs is 1. The molecule has 142 valence electrons. The number of nitrogens with zero attached hydrogens (tertiary/aromatic N) is 3. The van der Waals surface area contributed by atoms with Crippen molar-refractivity contribution in [1.82, 2.24) is 19.4 Å². The first kappa shape index (κ1) is 17.9. The second-order valence-corrected chi connectivity index (χ2v) is 8.58. The number of sulfonamides is 1. The van der Waals surface area contributed by atoms with Crippen LogP contribution in [-0.4, -0.2) is 53.8 Å². The Morgan fingerprint density at radius 3 is 2.70 bits per heavy atom. The Labute approximate surface area is 157 Å². The maximum atomic E-state index is 12.9. The van der Waals surface area contributed by atoms with Crippen LogP contribution in [0.25, 0.3) is 5.69 Å². The van der Waals surface area contributed by atoms with Crippen molar-refractivity contribution in [3.8, 4) is 5.69 Å². The fourth-order valence-electron chi connectivity index (χ4n) is 3.57. The first-order valence-electron chi connectivity index (χ1n) is 8.66. The van der Waals surface area contributed by atoms with Gasteiger partial charge in [0.05, 0.1) is 16.7 Å². The van der Waals surface area contributed by atoms with E-state index in [1.54, 1.807) is 47.4 Å². The van der Waals surface area contributed by atoms with Crippen molar-refractivity contribution in [3.63, 3.8) is 0 Å². The summed E-state index contributed by atoms with van der Waals surface area (Å²) < 4.78 is 34.8. The summed E-state index contributed by atoms with van der Waals surface area (Å²) in [5.41, 5.74) is 0.793. The lowest BCUT2D eigenvalue weighted by molar-refractivity contribution is -0.120. The number of aromatic nitrogens is 2. The van der Waals surface area contributed by atoms with Crippen molar-refractivity contribution in [1.29, 1.82) is 0 Å². The van der Waals surface area contributed by atoms with Gasteiger partial charge in [-0.3, -0.25) is 4.79 Å². The Bertz CT molecular complexity index is 926. The van der Waals surface area contributed by atoms with E-state index in [1.165, 1.54) is 10.4 Å². The molecule has 2 aliphatic heterocycles. The summed E-state index contributed by atoms with van der Waals surface area (Å²) in [7, 11) is -3.59. The van der Waals surface area contributed by atoms with Crippen molar-refractivity contribution in [2.75, 3.05) is 13.1 Å². The number of ether oxygens (including phenoxy) is 1. The lowest BCUT2D eigenvalue weighted by Crippen LogP contribution is -2.37. The van der Waals surface area contributed by atoms with E-state index < -0.39 is 10.0 Å². The van der Waals surface area contributed by atoms with E-state index in [9.17, 15) is 13.2 Å². The molecule has 1 aromatic carbocycles. The molecule has 2 aliphatic rings. The van der Waals surface area contributed by atoms with Crippen LogP contribution in [0.1, 0.15) is 6.42 Å². The van der Waals surface area contributed by atoms with E-state index in [0.717, 1.165) is 5.69 Å². The molecule has 0 radical (unpaired) electrons. The molecule has 0 spiro atoms. The highest BCUT2D eigenvalue weighted by molar-refractivity contribution is 7.89. The summed E-state index contributed by atoms with van der Waals surface area (Å²) >= 11 is 0. The number of carbonyl (C=O) groups excluding carboxylic acids is 1. The lowest BCUT2D eigenvalue weighted by atomic mass is 10.1. The molecule has 1 amide bonds. The zero-order chi connectivity index (χ0) is 19.0. The lowest BCUT2D eigenvalue weighted by Gasteiger charge is -2.19. The van der Waals surface area contributed by atoms with Gasteiger partial charge in [-0.1, -0.05) is 6.58 Å². The van der Waals surface area contributed by atoms with Gasteiger partial charge in [-0.25, -0.2) is 13.1 Å². The van der Waals surface area contributed by atoms with Gasteiger partial charge in [-0.2, -0.15) is 9.40 Å². The predicted molar refractivity (Wildman–Crippen MR) is 97.4 cm³/mol. The van der Waals surface area contributed by atoms with Crippen molar-refractivity contribution in [2.24, 2.45) is 5.92 Å². The third-order valence-electron chi connectivity index (χ3n) is 4.94. The number of hydrogen-bond acceptors (Lipinski definition) is 5. The van der Waals surface area contributed by atoms with Gasteiger partial charge in [0.1, 0.15) is 6.23 Å². The molecule has 2 fully saturated rings. The molecule has 27 heavy (non-hydrogen) atoms. The zero-order valence-electron chi connectivity index (χ0n) is 14.6. The SMILES string of the molecule is C=CC(=O)NC1CC2CN(S(=O)(=O)c3ccc(-n4cccn4)cc3)CC2O1. The summed E-state index contributed by atoms with van der Waals surface area (Å²) in [6.07, 6.45) is 4.65. The van der Waals surface area contributed by atoms with Crippen LogP contribution in [0, 0.1) is 5.92 Å². The van der Waals surface area contributed by atoms with Crippen LogP contribution in [0.15, 0.2) is 60.3 Å². The average Bonchev–Trinajstić information content (AvgIpc) is 3.38. The van der Waals surface area contributed by atoms with Crippen molar-refractivity contribution in [3.05, 3.63) is 55.4 Å². The largest absolute Gasteiger partial charge is 0.354 e. The molecule has 9 heteroatoms. The van der Waals surface area contributed by atoms with E-state index in [2.05, 4.69) is 17.0 Å². The molecule has 0 bridgehead atoms. The Morgan fingerprint density at radius 2 is 2.07 bits per heavy atom. The van der Waals surface area contributed by atoms with Crippen molar-refractivity contribution < 1.29 is 17.9 Å². The van der Waals surface area contributed by atoms with Gasteiger partial charge in [-0.05, 0) is 42.8 Å². The standard InChI is InChI=1S/C18H20N4O4S/c1-2-17(23)20-18-10-13-11-21(12-16(13)26-18)27(24,25)15-6-4-14(5-7-15)22-9-3-8-19-22/h2-9,13,16,18H,1,10-12H2,(H,20,23). The second kappa shape index (κ2) is 6.91. The van der Waals surface area contributed by atoms with Crippen LogP contribution in [0.2, 0.25) is 0 Å². The molecule has 1 N–H and O–H groups in total. The third-order valence-corrected chi connectivity index (χ3v) is 6.78. The normalized spacial score (nSPS) is 25.3. The van der Waals surface area contributed by atoms with Crippen LogP contribution in [0.3, 0.4) is 0 Å². The third kappa shape index (κ3) is 3.41. The highest BCUT2D eigenvalue weighted by Crippen LogP contribution is 2.35. The maximum absolute atomic E-state index is 12.9. The monoisotopic (exact) mass is 388 g/mol. The molecule has 2 aromatic rings. The Hall–Kier alpha value is -2.49. The quantitative estimate of drug-likeness (QED) is 0.769. The van der Waals surface area contributed by atoms with Crippen LogP contribution in [0.5, 0.6) is 0 Å². The first-order valence-corrected chi connectivity index (χ1v) is 10.1. The molecule has 0 aliphatic carbocycles. The van der Waals surface area contributed by atoms with E-state index >= 15 is 0 Å². The number of amides is 1. The Kier molecular flexibility index (Phi) is 4.58. The zero-order valence-corrected chi connectivity index (χ0v) is 15.4. The van der Waals surface area contributed by atoms with E-state index in [1.807, 2.05) is 0 Å². The number of benzene rings is 1. The first-order chi connectivity index (χ1) is 13.0.